The predicted octanol–water partition coefficient (Wildman–Crippen LogP) is 5.86. The van der Waals surface area contributed by atoms with E-state index in [1.165, 1.54) is 4.90 Å². The Bertz CT molecular complexity index is 1510. The number of benzene rings is 3. The number of ether oxygens (including phenoxy) is 1. The van der Waals surface area contributed by atoms with Gasteiger partial charge in [0.2, 0.25) is 21.8 Å². The summed E-state index contributed by atoms with van der Waals surface area (Å²) in [4.78, 5) is 29.7. The zero-order chi connectivity index (χ0) is 31.0. The van der Waals surface area contributed by atoms with Gasteiger partial charge < -0.3 is 15.0 Å². The standard InChI is InChI=1S/C32H37Cl2N3O5S/c1-3-42-30-16-10-9-15-28(30)37(43(2,40)41)22-31(38)36(21-24-17-18-26(33)27(34)19-24)29(20-23-11-5-4-6-12-23)32(39)35-25-13-7-8-14-25/h4-6,9-12,15-19,25,29H,3,7-8,13-14,20-22H2,1-2H3,(H,35,39)/t29-/m0/s1. The van der Waals surface area contributed by atoms with Crippen LogP contribution in [0.4, 0.5) is 5.69 Å². The van der Waals surface area contributed by atoms with Crippen LogP contribution in [-0.2, 0) is 32.6 Å². The van der Waals surface area contributed by atoms with E-state index in [4.69, 9.17) is 27.9 Å². The van der Waals surface area contributed by atoms with Gasteiger partial charge in [0.15, 0.2) is 0 Å². The topological polar surface area (TPSA) is 96.0 Å². The fourth-order valence-corrected chi connectivity index (χ4v) is 6.47. The van der Waals surface area contributed by atoms with Crippen LogP contribution in [0, 0.1) is 0 Å². The number of carbonyl (C=O) groups is 2. The number of carbonyl (C=O) groups excluding carboxylic acids is 2. The van der Waals surface area contributed by atoms with Crippen molar-refractivity contribution < 1.29 is 22.7 Å². The van der Waals surface area contributed by atoms with Crippen LogP contribution in [0.3, 0.4) is 0 Å². The van der Waals surface area contributed by atoms with E-state index >= 15 is 0 Å². The molecule has 3 aromatic carbocycles. The molecule has 3 aromatic rings. The SMILES string of the molecule is CCOc1ccccc1N(CC(=O)N(Cc1ccc(Cl)c(Cl)c1)[C@@H](Cc1ccccc1)C(=O)NC1CCCC1)S(C)(=O)=O. The Balaban J connectivity index is 1.76. The number of amides is 2. The van der Waals surface area contributed by atoms with E-state index in [0.29, 0.717) is 28.0 Å². The lowest BCUT2D eigenvalue weighted by Crippen LogP contribution is -2.54. The van der Waals surface area contributed by atoms with E-state index in [2.05, 4.69) is 5.32 Å². The Morgan fingerprint density at radius 3 is 2.28 bits per heavy atom. The molecule has 1 aliphatic rings. The summed E-state index contributed by atoms with van der Waals surface area (Å²) in [6.45, 7) is 1.58. The fourth-order valence-electron chi connectivity index (χ4n) is 5.29. The van der Waals surface area contributed by atoms with Gasteiger partial charge in [-0.25, -0.2) is 8.42 Å². The van der Waals surface area contributed by atoms with Crippen molar-refractivity contribution in [3.63, 3.8) is 0 Å². The summed E-state index contributed by atoms with van der Waals surface area (Å²) in [6.07, 6.45) is 5.09. The van der Waals surface area contributed by atoms with Gasteiger partial charge in [-0.15, -0.1) is 0 Å². The molecule has 43 heavy (non-hydrogen) atoms. The van der Waals surface area contributed by atoms with Gasteiger partial charge >= 0.3 is 0 Å². The van der Waals surface area contributed by atoms with Crippen molar-refractivity contribution >= 4 is 50.7 Å². The van der Waals surface area contributed by atoms with Crippen LogP contribution in [0.15, 0.2) is 72.8 Å². The quantitative estimate of drug-likeness (QED) is 0.251. The van der Waals surface area contributed by atoms with Crippen molar-refractivity contribution in [2.75, 3.05) is 23.7 Å². The number of hydrogen-bond donors (Lipinski definition) is 1. The molecule has 1 atom stereocenters. The number of halogens is 2. The van der Waals surface area contributed by atoms with Gasteiger partial charge in [0.1, 0.15) is 18.3 Å². The van der Waals surface area contributed by atoms with Gasteiger partial charge in [-0.3, -0.25) is 13.9 Å². The lowest BCUT2D eigenvalue weighted by molar-refractivity contribution is -0.140. The van der Waals surface area contributed by atoms with Gasteiger partial charge in [-0.2, -0.15) is 0 Å². The second-order valence-electron chi connectivity index (χ2n) is 10.6. The second kappa shape index (κ2) is 14.9. The van der Waals surface area contributed by atoms with Gasteiger partial charge in [0, 0.05) is 19.0 Å². The summed E-state index contributed by atoms with van der Waals surface area (Å²) in [6, 6.07) is 20.2. The van der Waals surface area contributed by atoms with Crippen molar-refractivity contribution in [1.82, 2.24) is 10.2 Å². The molecule has 0 heterocycles. The largest absolute Gasteiger partial charge is 0.492 e. The smallest absolute Gasteiger partial charge is 0.244 e. The third-order valence-electron chi connectivity index (χ3n) is 7.42. The first-order valence-corrected chi connectivity index (χ1v) is 16.9. The van der Waals surface area contributed by atoms with Crippen LogP contribution in [0.25, 0.3) is 0 Å². The highest BCUT2D eigenvalue weighted by molar-refractivity contribution is 7.92. The van der Waals surface area contributed by atoms with Gasteiger partial charge in [0.05, 0.1) is 28.6 Å². The van der Waals surface area contributed by atoms with Crippen LogP contribution >= 0.6 is 23.2 Å². The minimum atomic E-state index is -3.93. The van der Waals surface area contributed by atoms with Crippen molar-refractivity contribution in [3.05, 3.63) is 94.0 Å². The van der Waals surface area contributed by atoms with Crippen molar-refractivity contribution in [3.8, 4) is 5.75 Å². The number of nitrogens with zero attached hydrogens (tertiary/aromatic N) is 2. The molecule has 0 spiro atoms. The molecule has 8 nitrogen and oxygen atoms in total. The highest BCUT2D eigenvalue weighted by Gasteiger charge is 2.35. The summed E-state index contributed by atoms with van der Waals surface area (Å²) >= 11 is 12.5. The minimum Gasteiger partial charge on any atom is -0.492 e. The zero-order valence-corrected chi connectivity index (χ0v) is 26.7. The zero-order valence-electron chi connectivity index (χ0n) is 24.3. The van der Waals surface area contributed by atoms with E-state index < -0.39 is 28.5 Å². The average Bonchev–Trinajstić information content (AvgIpc) is 3.49. The molecular formula is C32H37Cl2N3O5S. The molecule has 0 radical (unpaired) electrons. The first-order chi connectivity index (χ1) is 20.6. The first kappa shape index (κ1) is 32.6. The molecule has 0 aromatic heterocycles. The number of rotatable bonds is 13. The van der Waals surface area contributed by atoms with E-state index in [-0.39, 0.29) is 30.6 Å². The molecule has 1 N–H and O–H groups in total. The Kier molecular flexibility index (Phi) is 11.3. The highest BCUT2D eigenvalue weighted by atomic mass is 35.5. The maximum Gasteiger partial charge on any atom is 0.244 e. The number of anilines is 1. The second-order valence-corrected chi connectivity index (χ2v) is 13.4. The summed E-state index contributed by atoms with van der Waals surface area (Å²) in [5.41, 5.74) is 1.75. The van der Waals surface area contributed by atoms with E-state index in [0.717, 1.165) is 41.8 Å². The summed E-state index contributed by atoms with van der Waals surface area (Å²) in [5, 5.41) is 3.82. The van der Waals surface area contributed by atoms with Crippen molar-refractivity contribution in [1.29, 1.82) is 0 Å². The van der Waals surface area contributed by atoms with Gasteiger partial charge in [0.25, 0.3) is 0 Å². The maximum absolute atomic E-state index is 14.3. The lowest BCUT2D eigenvalue weighted by atomic mass is 10.0. The Labute approximate surface area is 264 Å². The molecular weight excluding hydrogens is 609 g/mol. The van der Waals surface area contributed by atoms with Gasteiger partial charge in [-0.05, 0) is 55.2 Å². The van der Waals surface area contributed by atoms with E-state index in [9.17, 15) is 18.0 Å². The third kappa shape index (κ3) is 8.87. The van der Waals surface area contributed by atoms with Crippen LogP contribution in [-0.4, -0.2) is 56.6 Å². The number of hydrogen-bond acceptors (Lipinski definition) is 5. The number of nitrogens with one attached hydrogen (secondary N) is 1. The fraction of sp³-hybridized carbons (Fsp3) is 0.375. The summed E-state index contributed by atoms with van der Waals surface area (Å²) < 4.78 is 32.9. The van der Waals surface area contributed by atoms with E-state index in [1.807, 2.05) is 30.3 Å². The molecule has 1 aliphatic carbocycles. The Morgan fingerprint density at radius 2 is 1.63 bits per heavy atom. The maximum atomic E-state index is 14.3. The van der Waals surface area contributed by atoms with Crippen molar-refractivity contribution in [2.24, 2.45) is 0 Å². The Hall–Kier alpha value is -3.27. The number of sulfonamides is 1. The van der Waals surface area contributed by atoms with Crippen LogP contribution in [0.1, 0.15) is 43.7 Å². The lowest BCUT2D eigenvalue weighted by Gasteiger charge is -2.34. The molecule has 2 amide bonds. The molecule has 0 unspecified atom stereocenters. The molecule has 0 bridgehead atoms. The van der Waals surface area contributed by atoms with Crippen LogP contribution in [0.5, 0.6) is 5.75 Å². The van der Waals surface area contributed by atoms with Gasteiger partial charge in [-0.1, -0.05) is 84.6 Å². The van der Waals surface area contributed by atoms with Crippen LogP contribution < -0.4 is 14.4 Å². The molecule has 0 aliphatic heterocycles. The predicted molar refractivity (Wildman–Crippen MR) is 171 cm³/mol. The molecule has 1 fully saturated rings. The van der Waals surface area contributed by atoms with E-state index in [1.54, 1.807) is 49.4 Å². The third-order valence-corrected chi connectivity index (χ3v) is 9.29. The molecule has 1 saturated carbocycles. The molecule has 230 valence electrons. The normalized spacial score (nSPS) is 14.2. The van der Waals surface area contributed by atoms with Crippen LogP contribution in [0.2, 0.25) is 10.0 Å². The first-order valence-electron chi connectivity index (χ1n) is 14.3. The van der Waals surface area contributed by atoms with Crippen molar-refractivity contribution in [2.45, 2.75) is 57.7 Å². The summed E-state index contributed by atoms with van der Waals surface area (Å²) in [7, 11) is -3.93. The molecule has 4 rings (SSSR count). The highest BCUT2D eigenvalue weighted by Crippen LogP contribution is 2.31. The summed E-state index contributed by atoms with van der Waals surface area (Å²) in [5.74, 6) is -0.505. The average molecular weight is 647 g/mol. The monoisotopic (exact) mass is 645 g/mol. The molecule has 11 heteroatoms. The molecule has 0 saturated heterocycles. The number of para-hydroxylation sites is 2. The minimum absolute atomic E-state index is 0.00994. The Morgan fingerprint density at radius 1 is 0.953 bits per heavy atom.